The van der Waals surface area contributed by atoms with E-state index in [2.05, 4.69) is 16.5 Å². The standard InChI is InChI=1S/C14H16N2O2/c1-9-13-8-10(18-2)6-7-16(13)12-5-3-4-11(15-17)14(9)12/h6-8,17H,3-5H2,1-2H3. The average molecular weight is 244 g/mol. The summed E-state index contributed by atoms with van der Waals surface area (Å²) >= 11 is 0. The molecule has 0 spiro atoms. The van der Waals surface area contributed by atoms with Crippen molar-refractivity contribution in [1.82, 2.24) is 4.40 Å². The van der Waals surface area contributed by atoms with Gasteiger partial charge in [0.2, 0.25) is 0 Å². The third-order valence-electron chi connectivity index (χ3n) is 3.74. The van der Waals surface area contributed by atoms with E-state index in [-0.39, 0.29) is 0 Å². The third-order valence-corrected chi connectivity index (χ3v) is 3.74. The Bertz CT molecular complexity index is 641. The van der Waals surface area contributed by atoms with E-state index in [4.69, 9.17) is 9.94 Å². The highest BCUT2D eigenvalue weighted by atomic mass is 16.5. The highest BCUT2D eigenvalue weighted by Crippen LogP contribution is 2.31. The molecule has 4 nitrogen and oxygen atoms in total. The normalized spacial score (nSPS) is 17.1. The van der Waals surface area contributed by atoms with Crippen molar-refractivity contribution in [2.75, 3.05) is 7.11 Å². The van der Waals surface area contributed by atoms with Gasteiger partial charge in [0.05, 0.1) is 18.3 Å². The molecule has 2 aromatic rings. The molecule has 0 aliphatic heterocycles. The van der Waals surface area contributed by atoms with Crippen molar-refractivity contribution in [2.24, 2.45) is 5.16 Å². The van der Waals surface area contributed by atoms with Crippen LogP contribution < -0.4 is 4.74 Å². The van der Waals surface area contributed by atoms with Crippen molar-refractivity contribution in [1.29, 1.82) is 0 Å². The maximum Gasteiger partial charge on any atom is 0.122 e. The van der Waals surface area contributed by atoms with Crippen LogP contribution in [0.15, 0.2) is 23.5 Å². The number of methoxy groups -OCH3 is 1. The maximum absolute atomic E-state index is 9.14. The van der Waals surface area contributed by atoms with E-state index in [0.29, 0.717) is 0 Å². The van der Waals surface area contributed by atoms with Crippen LogP contribution in [-0.2, 0) is 6.42 Å². The molecule has 4 heteroatoms. The lowest BCUT2D eigenvalue weighted by atomic mass is 9.93. The number of oxime groups is 1. The van der Waals surface area contributed by atoms with Gasteiger partial charge >= 0.3 is 0 Å². The number of rotatable bonds is 1. The minimum absolute atomic E-state index is 0.802. The summed E-state index contributed by atoms with van der Waals surface area (Å²) in [6, 6.07) is 3.99. The number of ether oxygens (including phenoxy) is 1. The molecule has 0 fully saturated rings. The molecule has 2 heterocycles. The van der Waals surface area contributed by atoms with Crippen molar-refractivity contribution < 1.29 is 9.94 Å². The number of nitrogens with zero attached hydrogens (tertiary/aromatic N) is 2. The van der Waals surface area contributed by atoms with Crippen molar-refractivity contribution in [3.05, 3.63) is 35.2 Å². The van der Waals surface area contributed by atoms with Gasteiger partial charge in [0.15, 0.2) is 0 Å². The Morgan fingerprint density at radius 1 is 1.39 bits per heavy atom. The zero-order valence-corrected chi connectivity index (χ0v) is 10.6. The van der Waals surface area contributed by atoms with Crippen LogP contribution in [-0.4, -0.2) is 22.4 Å². The van der Waals surface area contributed by atoms with Crippen molar-refractivity contribution in [2.45, 2.75) is 26.2 Å². The molecule has 1 aliphatic carbocycles. The van der Waals surface area contributed by atoms with Gasteiger partial charge in [-0.25, -0.2) is 0 Å². The fourth-order valence-corrected chi connectivity index (χ4v) is 2.87. The molecule has 0 atom stereocenters. The quantitative estimate of drug-likeness (QED) is 0.619. The first kappa shape index (κ1) is 11.1. The van der Waals surface area contributed by atoms with E-state index in [1.165, 1.54) is 5.69 Å². The first-order chi connectivity index (χ1) is 8.76. The number of hydrogen-bond donors (Lipinski definition) is 1. The Labute approximate surface area is 105 Å². The lowest BCUT2D eigenvalue weighted by Crippen LogP contribution is -2.12. The Hall–Kier alpha value is -1.97. The summed E-state index contributed by atoms with van der Waals surface area (Å²) in [6.07, 6.45) is 4.93. The number of aryl methyl sites for hydroxylation is 2. The van der Waals surface area contributed by atoms with Crippen molar-refractivity contribution in [3.63, 3.8) is 0 Å². The van der Waals surface area contributed by atoms with E-state index in [1.54, 1.807) is 7.11 Å². The molecule has 0 saturated heterocycles. The van der Waals surface area contributed by atoms with Crippen LogP contribution in [0.1, 0.15) is 29.7 Å². The zero-order chi connectivity index (χ0) is 12.7. The molecule has 3 rings (SSSR count). The van der Waals surface area contributed by atoms with Crippen LogP contribution >= 0.6 is 0 Å². The summed E-state index contributed by atoms with van der Waals surface area (Å²) in [5.41, 5.74) is 5.44. The third kappa shape index (κ3) is 1.41. The van der Waals surface area contributed by atoms with Crippen LogP contribution in [0.5, 0.6) is 5.75 Å². The monoisotopic (exact) mass is 244 g/mol. The highest BCUT2D eigenvalue weighted by molar-refractivity contribution is 6.05. The van der Waals surface area contributed by atoms with Gasteiger partial charge in [0.25, 0.3) is 0 Å². The Morgan fingerprint density at radius 3 is 2.94 bits per heavy atom. The van der Waals surface area contributed by atoms with Crippen LogP contribution in [0, 0.1) is 6.92 Å². The SMILES string of the molecule is COc1ccn2c3c(c(C)c2c1)C(=NO)CCC3. The molecule has 2 aromatic heterocycles. The predicted molar refractivity (Wildman–Crippen MR) is 69.9 cm³/mol. The molecule has 18 heavy (non-hydrogen) atoms. The second kappa shape index (κ2) is 4.05. The van der Waals surface area contributed by atoms with Crippen molar-refractivity contribution >= 4 is 11.2 Å². The Morgan fingerprint density at radius 2 is 2.22 bits per heavy atom. The Balaban J connectivity index is 2.34. The molecule has 0 unspecified atom stereocenters. The molecular formula is C14H16N2O2. The molecular weight excluding hydrogens is 228 g/mol. The molecule has 1 aliphatic rings. The Kier molecular flexibility index (Phi) is 2.51. The maximum atomic E-state index is 9.14. The first-order valence-electron chi connectivity index (χ1n) is 6.15. The zero-order valence-electron chi connectivity index (χ0n) is 10.6. The summed E-state index contributed by atoms with van der Waals surface area (Å²) < 4.78 is 7.45. The largest absolute Gasteiger partial charge is 0.497 e. The van der Waals surface area contributed by atoms with Crippen LogP contribution in [0.3, 0.4) is 0 Å². The van der Waals surface area contributed by atoms with Gasteiger partial charge in [-0.3, -0.25) is 0 Å². The van der Waals surface area contributed by atoms with Gasteiger partial charge in [-0.1, -0.05) is 5.16 Å². The topological polar surface area (TPSA) is 46.2 Å². The lowest BCUT2D eigenvalue weighted by molar-refractivity contribution is 0.317. The fraction of sp³-hybridized carbons (Fsp3) is 0.357. The molecule has 0 saturated carbocycles. The summed E-state index contributed by atoms with van der Waals surface area (Å²) in [5, 5.41) is 12.6. The average Bonchev–Trinajstić information content (AvgIpc) is 2.72. The van der Waals surface area contributed by atoms with E-state index < -0.39 is 0 Å². The van der Waals surface area contributed by atoms with Gasteiger partial charge in [0, 0.05) is 23.5 Å². The van der Waals surface area contributed by atoms with Crippen LogP contribution in [0.25, 0.3) is 5.52 Å². The summed E-state index contributed by atoms with van der Waals surface area (Å²) in [7, 11) is 1.67. The van der Waals surface area contributed by atoms with Crippen molar-refractivity contribution in [3.8, 4) is 5.75 Å². The molecule has 0 amide bonds. The minimum Gasteiger partial charge on any atom is -0.497 e. The predicted octanol–water partition coefficient (Wildman–Crippen LogP) is 2.77. The molecule has 0 bridgehead atoms. The summed E-state index contributed by atoms with van der Waals surface area (Å²) in [5.74, 6) is 0.850. The first-order valence-corrected chi connectivity index (χ1v) is 6.15. The second-order valence-corrected chi connectivity index (χ2v) is 4.67. The minimum atomic E-state index is 0.802. The van der Waals surface area contributed by atoms with E-state index in [0.717, 1.165) is 47.4 Å². The van der Waals surface area contributed by atoms with Crippen LogP contribution in [0.4, 0.5) is 0 Å². The number of pyridine rings is 1. The van der Waals surface area contributed by atoms with Gasteiger partial charge in [-0.05, 0) is 37.8 Å². The molecule has 94 valence electrons. The summed E-state index contributed by atoms with van der Waals surface area (Å²) in [6.45, 7) is 2.07. The van der Waals surface area contributed by atoms with Crippen LogP contribution in [0.2, 0.25) is 0 Å². The second-order valence-electron chi connectivity index (χ2n) is 4.67. The molecule has 1 N–H and O–H groups in total. The number of fused-ring (bicyclic) bond motifs is 3. The molecule has 0 radical (unpaired) electrons. The van der Waals surface area contributed by atoms with Gasteiger partial charge in [-0.15, -0.1) is 0 Å². The smallest absolute Gasteiger partial charge is 0.122 e. The van der Waals surface area contributed by atoms with E-state index in [1.807, 2.05) is 18.3 Å². The fourth-order valence-electron chi connectivity index (χ4n) is 2.87. The van der Waals surface area contributed by atoms with E-state index in [9.17, 15) is 0 Å². The van der Waals surface area contributed by atoms with E-state index >= 15 is 0 Å². The molecule has 0 aromatic carbocycles. The van der Waals surface area contributed by atoms with Gasteiger partial charge in [-0.2, -0.15) is 0 Å². The van der Waals surface area contributed by atoms with Gasteiger partial charge < -0.3 is 14.3 Å². The summed E-state index contributed by atoms with van der Waals surface area (Å²) in [4.78, 5) is 0. The lowest BCUT2D eigenvalue weighted by Gasteiger charge is -2.14. The number of hydrogen-bond acceptors (Lipinski definition) is 3. The van der Waals surface area contributed by atoms with Gasteiger partial charge in [0.1, 0.15) is 5.75 Å². The highest BCUT2D eigenvalue weighted by Gasteiger charge is 2.23. The number of aromatic nitrogens is 1.